The first-order chi connectivity index (χ1) is 11.8. The van der Waals surface area contributed by atoms with Gasteiger partial charge < -0.3 is 10.1 Å². The molecule has 25 heavy (non-hydrogen) atoms. The predicted molar refractivity (Wildman–Crippen MR) is 103 cm³/mol. The second-order valence-corrected chi connectivity index (χ2v) is 7.77. The molecule has 0 bridgehead atoms. The van der Waals surface area contributed by atoms with Gasteiger partial charge in [0.25, 0.3) is 0 Å². The molecule has 1 amide bonds. The zero-order valence-corrected chi connectivity index (χ0v) is 15.9. The molecule has 0 aromatic heterocycles. The Morgan fingerprint density at radius 3 is 2.48 bits per heavy atom. The highest BCUT2D eigenvalue weighted by molar-refractivity contribution is 6.31. The summed E-state index contributed by atoms with van der Waals surface area (Å²) in [6, 6.07) is 15.6. The quantitative estimate of drug-likeness (QED) is 0.754. The molecular weight excluding hydrogens is 334 g/mol. The van der Waals surface area contributed by atoms with Crippen molar-refractivity contribution in [3.8, 4) is 5.75 Å². The molecule has 3 nitrogen and oxygen atoms in total. The SMILES string of the molecule is CC(C)(C)CNC(=O)CCc1ccc(OCc2ccccc2)cc1Cl. The van der Waals surface area contributed by atoms with E-state index >= 15 is 0 Å². The number of carbonyl (C=O) groups excluding carboxylic acids is 1. The molecule has 0 aliphatic heterocycles. The number of ether oxygens (including phenoxy) is 1. The predicted octanol–water partition coefficient (Wildman–Crippen LogP) is 5.01. The van der Waals surface area contributed by atoms with Crippen molar-refractivity contribution in [1.29, 1.82) is 0 Å². The van der Waals surface area contributed by atoms with Gasteiger partial charge in [-0.2, -0.15) is 0 Å². The monoisotopic (exact) mass is 359 g/mol. The van der Waals surface area contributed by atoms with Crippen LogP contribution >= 0.6 is 11.6 Å². The van der Waals surface area contributed by atoms with Crippen molar-refractivity contribution in [3.05, 3.63) is 64.7 Å². The minimum Gasteiger partial charge on any atom is -0.489 e. The van der Waals surface area contributed by atoms with Gasteiger partial charge in [-0.05, 0) is 35.1 Å². The van der Waals surface area contributed by atoms with E-state index in [1.165, 1.54) is 0 Å². The summed E-state index contributed by atoms with van der Waals surface area (Å²) < 4.78 is 5.77. The summed E-state index contributed by atoms with van der Waals surface area (Å²) >= 11 is 6.33. The zero-order valence-electron chi connectivity index (χ0n) is 15.1. The largest absolute Gasteiger partial charge is 0.489 e. The molecule has 134 valence electrons. The maximum absolute atomic E-state index is 11.9. The van der Waals surface area contributed by atoms with Crippen LogP contribution in [0.3, 0.4) is 0 Å². The minimum absolute atomic E-state index is 0.0513. The third-order valence-electron chi connectivity index (χ3n) is 3.71. The number of rotatable bonds is 7. The van der Waals surface area contributed by atoms with Crippen LogP contribution in [0.1, 0.15) is 38.3 Å². The summed E-state index contributed by atoms with van der Waals surface area (Å²) in [5.41, 5.74) is 2.16. The molecule has 0 saturated carbocycles. The van der Waals surface area contributed by atoms with E-state index in [-0.39, 0.29) is 11.3 Å². The number of halogens is 1. The van der Waals surface area contributed by atoms with Gasteiger partial charge in [0.2, 0.25) is 5.91 Å². The molecule has 2 rings (SSSR count). The Hall–Kier alpha value is -2.00. The first-order valence-electron chi connectivity index (χ1n) is 8.55. The third kappa shape index (κ3) is 7.18. The maximum atomic E-state index is 11.9. The molecule has 4 heteroatoms. The van der Waals surface area contributed by atoms with Crippen LogP contribution in [0.15, 0.2) is 48.5 Å². The summed E-state index contributed by atoms with van der Waals surface area (Å²) in [4.78, 5) is 11.9. The van der Waals surface area contributed by atoms with Crippen LogP contribution in [0, 0.1) is 5.41 Å². The van der Waals surface area contributed by atoms with E-state index in [0.717, 1.165) is 16.9 Å². The lowest BCUT2D eigenvalue weighted by Crippen LogP contribution is -2.32. The average Bonchev–Trinajstić information content (AvgIpc) is 2.57. The van der Waals surface area contributed by atoms with Gasteiger partial charge in [0.05, 0.1) is 0 Å². The molecule has 0 saturated heterocycles. The summed E-state index contributed by atoms with van der Waals surface area (Å²) in [5, 5.41) is 3.59. The van der Waals surface area contributed by atoms with Gasteiger partial charge in [-0.15, -0.1) is 0 Å². The number of benzene rings is 2. The second-order valence-electron chi connectivity index (χ2n) is 7.36. The highest BCUT2D eigenvalue weighted by Gasteiger charge is 2.12. The van der Waals surface area contributed by atoms with Gasteiger partial charge in [0.1, 0.15) is 12.4 Å². The number of carbonyl (C=O) groups is 1. The molecule has 0 heterocycles. The molecule has 0 fully saturated rings. The van der Waals surface area contributed by atoms with E-state index in [4.69, 9.17) is 16.3 Å². The lowest BCUT2D eigenvalue weighted by Gasteiger charge is -2.18. The van der Waals surface area contributed by atoms with Gasteiger partial charge >= 0.3 is 0 Å². The standard InChI is InChI=1S/C21H26ClNO2/c1-21(2,3)15-23-20(24)12-10-17-9-11-18(13-19(17)22)25-14-16-7-5-4-6-8-16/h4-9,11,13H,10,12,14-15H2,1-3H3,(H,23,24). The maximum Gasteiger partial charge on any atom is 0.220 e. The number of nitrogens with one attached hydrogen (secondary N) is 1. The Bertz CT molecular complexity index is 693. The van der Waals surface area contributed by atoms with E-state index < -0.39 is 0 Å². The molecule has 0 atom stereocenters. The van der Waals surface area contributed by atoms with Crippen molar-refractivity contribution in [2.75, 3.05) is 6.54 Å². The Labute approximate surface area is 155 Å². The van der Waals surface area contributed by atoms with E-state index in [1.807, 2.05) is 48.5 Å². The van der Waals surface area contributed by atoms with Gasteiger partial charge in [-0.3, -0.25) is 4.79 Å². The van der Waals surface area contributed by atoms with Crippen molar-refractivity contribution in [2.24, 2.45) is 5.41 Å². The van der Waals surface area contributed by atoms with Gasteiger partial charge in [-0.1, -0.05) is 68.8 Å². The van der Waals surface area contributed by atoms with E-state index in [0.29, 0.717) is 31.0 Å². The minimum atomic E-state index is 0.0513. The average molecular weight is 360 g/mol. The highest BCUT2D eigenvalue weighted by atomic mass is 35.5. The second kappa shape index (κ2) is 8.91. The smallest absolute Gasteiger partial charge is 0.220 e. The van der Waals surface area contributed by atoms with Crippen LogP contribution in [0.4, 0.5) is 0 Å². The van der Waals surface area contributed by atoms with Crippen LogP contribution in [-0.4, -0.2) is 12.5 Å². The summed E-state index contributed by atoms with van der Waals surface area (Å²) in [6.07, 6.45) is 1.05. The number of aryl methyl sites for hydroxylation is 1. The van der Waals surface area contributed by atoms with Crippen molar-refractivity contribution >= 4 is 17.5 Å². The zero-order chi connectivity index (χ0) is 18.3. The Balaban J connectivity index is 1.83. The van der Waals surface area contributed by atoms with Crippen LogP contribution < -0.4 is 10.1 Å². The van der Waals surface area contributed by atoms with E-state index in [1.54, 1.807) is 0 Å². The Morgan fingerprint density at radius 1 is 1.12 bits per heavy atom. The van der Waals surface area contributed by atoms with Crippen LogP contribution in [0.2, 0.25) is 5.02 Å². The van der Waals surface area contributed by atoms with Crippen molar-refractivity contribution < 1.29 is 9.53 Å². The molecule has 0 aliphatic carbocycles. The fourth-order valence-electron chi connectivity index (χ4n) is 2.26. The number of hydrogen-bond acceptors (Lipinski definition) is 2. The van der Waals surface area contributed by atoms with Crippen LogP contribution in [0.25, 0.3) is 0 Å². The summed E-state index contributed by atoms with van der Waals surface area (Å²) in [5.74, 6) is 0.783. The number of amides is 1. The summed E-state index contributed by atoms with van der Waals surface area (Å²) in [7, 11) is 0. The van der Waals surface area contributed by atoms with Crippen LogP contribution in [-0.2, 0) is 17.8 Å². The van der Waals surface area contributed by atoms with Crippen LogP contribution in [0.5, 0.6) is 5.75 Å². The molecule has 2 aromatic carbocycles. The normalized spacial score (nSPS) is 11.2. The van der Waals surface area contributed by atoms with Gasteiger partial charge in [0.15, 0.2) is 0 Å². The molecule has 0 radical (unpaired) electrons. The molecule has 0 unspecified atom stereocenters. The number of hydrogen-bond donors (Lipinski definition) is 1. The first-order valence-corrected chi connectivity index (χ1v) is 8.93. The van der Waals surface area contributed by atoms with Gasteiger partial charge in [0, 0.05) is 18.0 Å². The molecule has 0 spiro atoms. The topological polar surface area (TPSA) is 38.3 Å². The fraction of sp³-hybridized carbons (Fsp3) is 0.381. The summed E-state index contributed by atoms with van der Waals surface area (Å²) in [6.45, 7) is 7.46. The third-order valence-corrected chi connectivity index (χ3v) is 4.06. The molecular formula is C21H26ClNO2. The van der Waals surface area contributed by atoms with Crippen molar-refractivity contribution in [3.63, 3.8) is 0 Å². The van der Waals surface area contributed by atoms with Crippen molar-refractivity contribution in [1.82, 2.24) is 5.32 Å². The van der Waals surface area contributed by atoms with E-state index in [2.05, 4.69) is 26.1 Å². The molecule has 1 N–H and O–H groups in total. The van der Waals surface area contributed by atoms with Gasteiger partial charge in [-0.25, -0.2) is 0 Å². The fourth-order valence-corrected chi connectivity index (χ4v) is 2.53. The lowest BCUT2D eigenvalue weighted by molar-refractivity contribution is -0.121. The highest BCUT2D eigenvalue weighted by Crippen LogP contribution is 2.24. The van der Waals surface area contributed by atoms with E-state index in [9.17, 15) is 4.79 Å². The van der Waals surface area contributed by atoms with Crippen molar-refractivity contribution in [2.45, 2.75) is 40.2 Å². The Kier molecular flexibility index (Phi) is 6.89. The first kappa shape index (κ1) is 19.3. The lowest BCUT2D eigenvalue weighted by atomic mass is 9.97. The molecule has 0 aliphatic rings. The molecule has 2 aromatic rings. The Morgan fingerprint density at radius 2 is 1.84 bits per heavy atom.